The number of hydrogen-bond acceptors (Lipinski definition) is 4. The second-order valence-corrected chi connectivity index (χ2v) is 8.33. The molecule has 0 aliphatic rings. The number of hydrogen-bond donors (Lipinski definition) is 1. The first kappa shape index (κ1) is 23.6. The lowest BCUT2D eigenvalue weighted by Gasteiger charge is -2.19. The van der Waals surface area contributed by atoms with Crippen LogP contribution in [0.4, 0.5) is 13.2 Å². The van der Waals surface area contributed by atoms with Crippen LogP contribution in [0.1, 0.15) is 25.0 Å². The first-order valence-electron chi connectivity index (χ1n) is 9.12. The summed E-state index contributed by atoms with van der Waals surface area (Å²) in [5.41, 5.74) is -1.18. The van der Waals surface area contributed by atoms with Gasteiger partial charge in [-0.3, -0.25) is 9.59 Å². The number of rotatable bonds is 8. The van der Waals surface area contributed by atoms with Crippen molar-refractivity contribution in [1.82, 2.24) is 14.2 Å². The Labute approximate surface area is 172 Å². The van der Waals surface area contributed by atoms with E-state index >= 15 is 0 Å². The van der Waals surface area contributed by atoms with Gasteiger partial charge in [-0.15, -0.1) is 0 Å². The van der Waals surface area contributed by atoms with Gasteiger partial charge in [-0.25, -0.2) is 8.42 Å². The highest BCUT2D eigenvalue weighted by atomic mass is 32.2. The second kappa shape index (κ2) is 9.43. The molecule has 0 atom stereocenters. The summed E-state index contributed by atoms with van der Waals surface area (Å²) < 4.78 is 65.6. The third-order valence-corrected chi connectivity index (χ3v) is 6.39. The smallest absolute Gasteiger partial charge is 0.350 e. The van der Waals surface area contributed by atoms with Crippen molar-refractivity contribution in [3.05, 3.63) is 64.1 Å². The molecule has 30 heavy (non-hydrogen) atoms. The zero-order chi connectivity index (χ0) is 22.5. The number of nitrogens with one attached hydrogen (secondary N) is 1. The van der Waals surface area contributed by atoms with Crippen LogP contribution in [0.5, 0.6) is 0 Å². The molecular formula is C19H22F3N3O4S. The van der Waals surface area contributed by atoms with Gasteiger partial charge in [-0.05, 0) is 23.8 Å². The van der Waals surface area contributed by atoms with Gasteiger partial charge >= 0.3 is 6.18 Å². The van der Waals surface area contributed by atoms with E-state index in [1.165, 1.54) is 22.5 Å². The number of halogens is 3. The molecule has 0 spiro atoms. The zero-order valence-corrected chi connectivity index (χ0v) is 17.3. The maximum Gasteiger partial charge on any atom is 0.416 e. The van der Waals surface area contributed by atoms with Gasteiger partial charge < -0.3 is 9.88 Å². The highest BCUT2D eigenvalue weighted by Crippen LogP contribution is 2.29. The van der Waals surface area contributed by atoms with Crippen LogP contribution in [0, 0.1) is 0 Å². The van der Waals surface area contributed by atoms with Crippen molar-refractivity contribution in [2.24, 2.45) is 0 Å². The van der Waals surface area contributed by atoms with Crippen molar-refractivity contribution in [3.8, 4) is 0 Å². The van der Waals surface area contributed by atoms with Gasteiger partial charge in [0.25, 0.3) is 5.56 Å². The molecule has 1 N–H and O–H groups in total. The highest BCUT2D eigenvalue weighted by Gasteiger charge is 2.30. The molecule has 0 saturated heterocycles. The summed E-state index contributed by atoms with van der Waals surface area (Å²) in [6.07, 6.45) is -3.41. The topological polar surface area (TPSA) is 88.5 Å². The predicted molar refractivity (Wildman–Crippen MR) is 104 cm³/mol. The number of carbonyl (C=O) groups excluding carboxylic acids is 1. The molecular weight excluding hydrogens is 423 g/mol. The fourth-order valence-corrected chi connectivity index (χ4v) is 4.25. The normalized spacial score (nSPS) is 12.2. The van der Waals surface area contributed by atoms with Gasteiger partial charge in [0.1, 0.15) is 6.54 Å². The molecule has 11 heteroatoms. The number of alkyl halides is 3. The number of aromatic nitrogens is 1. The quantitative estimate of drug-likeness (QED) is 0.675. The molecule has 1 amide bonds. The van der Waals surface area contributed by atoms with Gasteiger partial charge in [0.2, 0.25) is 15.9 Å². The van der Waals surface area contributed by atoms with E-state index in [0.29, 0.717) is 0 Å². The summed E-state index contributed by atoms with van der Waals surface area (Å²) in [5, 5.41) is 2.43. The summed E-state index contributed by atoms with van der Waals surface area (Å²) in [6.45, 7) is 3.20. The Bertz CT molecular complexity index is 1060. The SMILES string of the molecule is CCN(CC)S(=O)(=O)c1ccc(=O)n(CC(=O)NCc2cccc(C(F)(F)F)c2)c1. The fourth-order valence-electron chi connectivity index (χ4n) is 2.77. The van der Waals surface area contributed by atoms with E-state index in [0.717, 1.165) is 29.0 Å². The summed E-state index contributed by atoms with van der Waals surface area (Å²) in [4.78, 5) is 24.1. The van der Waals surface area contributed by atoms with E-state index in [9.17, 15) is 31.2 Å². The maximum absolute atomic E-state index is 12.8. The molecule has 0 unspecified atom stereocenters. The van der Waals surface area contributed by atoms with Crippen LogP contribution in [0.3, 0.4) is 0 Å². The third kappa shape index (κ3) is 5.70. The van der Waals surface area contributed by atoms with Crippen molar-refractivity contribution < 1.29 is 26.4 Å². The lowest BCUT2D eigenvalue weighted by molar-refractivity contribution is -0.137. The third-order valence-electron chi connectivity index (χ3n) is 4.36. The van der Waals surface area contributed by atoms with Crippen molar-refractivity contribution in [2.45, 2.75) is 38.0 Å². The molecule has 164 valence electrons. The summed E-state index contributed by atoms with van der Waals surface area (Å²) in [6, 6.07) is 6.73. The highest BCUT2D eigenvalue weighted by molar-refractivity contribution is 7.89. The number of sulfonamides is 1. The van der Waals surface area contributed by atoms with Crippen LogP contribution < -0.4 is 10.9 Å². The zero-order valence-electron chi connectivity index (χ0n) is 16.4. The average molecular weight is 445 g/mol. The van der Waals surface area contributed by atoms with E-state index in [2.05, 4.69) is 5.32 Å². The molecule has 2 aromatic rings. The number of carbonyl (C=O) groups is 1. The van der Waals surface area contributed by atoms with E-state index in [1.807, 2.05) is 0 Å². The molecule has 1 aromatic heterocycles. The number of benzene rings is 1. The van der Waals surface area contributed by atoms with Gasteiger partial charge in [0.05, 0.1) is 10.5 Å². The lowest BCUT2D eigenvalue weighted by atomic mass is 10.1. The number of pyridine rings is 1. The monoisotopic (exact) mass is 445 g/mol. The van der Waals surface area contributed by atoms with E-state index < -0.39 is 39.8 Å². The van der Waals surface area contributed by atoms with E-state index in [-0.39, 0.29) is 30.1 Å². The Morgan fingerprint density at radius 1 is 1.13 bits per heavy atom. The van der Waals surface area contributed by atoms with Crippen molar-refractivity contribution in [2.75, 3.05) is 13.1 Å². The molecule has 1 heterocycles. The van der Waals surface area contributed by atoms with Gasteiger partial charge in [0, 0.05) is 31.9 Å². The predicted octanol–water partition coefficient (Wildman–Crippen LogP) is 2.21. The first-order chi connectivity index (χ1) is 14.0. The molecule has 0 aliphatic carbocycles. The summed E-state index contributed by atoms with van der Waals surface area (Å²) >= 11 is 0. The molecule has 0 saturated carbocycles. The van der Waals surface area contributed by atoms with Crippen molar-refractivity contribution in [3.63, 3.8) is 0 Å². The minimum Gasteiger partial charge on any atom is -0.350 e. The molecule has 0 radical (unpaired) electrons. The van der Waals surface area contributed by atoms with Crippen LogP contribution in [-0.4, -0.2) is 36.3 Å². The molecule has 0 aliphatic heterocycles. The molecule has 2 rings (SSSR count). The standard InChI is InChI=1S/C19H22F3N3O4S/c1-3-25(4-2)30(28,29)16-8-9-18(27)24(12-16)13-17(26)23-11-14-6-5-7-15(10-14)19(20,21)22/h5-10,12H,3-4,11,13H2,1-2H3,(H,23,26). The van der Waals surface area contributed by atoms with E-state index in [1.54, 1.807) is 13.8 Å². The molecule has 1 aromatic carbocycles. The molecule has 0 fully saturated rings. The second-order valence-electron chi connectivity index (χ2n) is 6.40. The van der Waals surface area contributed by atoms with Crippen LogP contribution in [0.25, 0.3) is 0 Å². The minimum absolute atomic E-state index is 0.128. The Kier molecular flexibility index (Phi) is 7.43. The summed E-state index contributed by atoms with van der Waals surface area (Å²) in [7, 11) is -3.81. The Hall–Kier alpha value is -2.66. The van der Waals surface area contributed by atoms with Crippen molar-refractivity contribution >= 4 is 15.9 Å². The molecule has 0 bridgehead atoms. The van der Waals surface area contributed by atoms with Gasteiger partial charge in [-0.2, -0.15) is 17.5 Å². The molecule has 7 nitrogen and oxygen atoms in total. The van der Waals surface area contributed by atoms with Gasteiger partial charge in [0.15, 0.2) is 0 Å². The first-order valence-corrected chi connectivity index (χ1v) is 10.6. The Morgan fingerprint density at radius 2 is 1.80 bits per heavy atom. The van der Waals surface area contributed by atoms with Gasteiger partial charge in [-0.1, -0.05) is 26.0 Å². The van der Waals surface area contributed by atoms with Crippen LogP contribution in [0.15, 0.2) is 52.3 Å². The van der Waals surface area contributed by atoms with Crippen LogP contribution in [0.2, 0.25) is 0 Å². The van der Waals surface area contributed by atoms with Crippen molar-refractivity contribution in [1.29, 1.82) is 0 Å². The van der Waals surface area contributed by atoms with Crippen LogP contribution >= 0.6 is 0 Å². The average Bonchev–Trinajstić information content (AvgIpc) is 2.68. The fraction of sp³-hybridized carbons (Fsp3) is 0.368. The Morgan fingerprint density at radius 3 is 2.40 bits per heavy atom. The Balaban J connectivity index is 2.13. The number of nitrogens with zero attached hydrogens (tertiary/aromatic N) is 2. The maximum atomic E-state index is 12.8. The largest absolute Gasteiger partial charge is 0.416 e. The van der Waals surface area contributed by atoms with Crippen LogP contribution in [-0.2, 0) is 34.1 Å². The number of amides is 1. The van der Waals surface area contributed by atoms with E-state index in [4.69, 9.17) is 0 Å². The lowest BCUT2D eigenvalue weighted by Crippen LogP contribution is -2.34. The summed E-state index contributed by atoms with van der Waals surface area (Å²) in [5.74, 6) is -0.646. The minimum atomic E-state index is -4.50.